The Morgan fingerprint density at radius 2 is 1.67 bits per heavy atom. The Bertz CT molecular complexity index is 201. The average molecular weight is 198 g/mol. The fraction of sp³-hybridized carbons (Fsp3) is 0. The number of ether oxygens (including phenoxy) is 1. The molecule has 0 unspecified atom stereocenters. The van der Waals surface area contributed by atoms with Crippen LogP contribution in [0.25, 0.3) is 0 Å². The Labute approximate surface area is 79.3 Å². The maximum atomic E-state index is 4.97. The van der Waals surface area contributed by atoms with Crippen LogP contribution in [-0.2, 0) is 4.12 Å². The van der Waals surface area contributed by atoms with E-state index >= 15 is 0 Å². The van der Waals surface area contributed by atoms with E-state index in [4.69, 9.17) is 4.74 Å². The standard InChI is InChI=1S/C8H8O.H6OSi2/c1-2-9-8-6-4-3-5-7-8;2-1-3/h2-7H,1H2;2-3H3. The van der Waals surface area contributed by atoms with Gasteiger partial charge in [0.25, 0.3) is 0 Å². The van der Waals surface area contributed by atoms with Crippen LogP contribution in [0.3, 0.4) is 0 Å². The summed E-state index contributed by atoms with van der Waals surface area (Å²) >= 11 is 0. The normalized spacial score (nSPS) is 8.33. The molecule has 0 heterocycles. The van der Waals surface area contributed by atoms with Crippen molar-refractivity contribution in [2.75, 3.05) is 0 Å². The fourth-order valence-electron chi connectivity index (χ4n) is 0.595. The van der Waals surface area contributed by atoms with Gasteiger partial charge in [-0.05, 0) is 12.1 Å². The number of benzene rings is 1. The molecule has 66 valence electrons. The molecule has 0 saturated heterocycles. The molecular weight excluding hydrogens is 184 g/mol. The van der Waals surface area contributed by atoms with Crippen molar-refractivity contribution in [3.8, 4) is 5.75 Å². The van der Waals surface area contributed by atoms with Crippen molar-refractivity contribution in [3.63, 3.8) is 0 Å². The van der Waals surface area contributed by atoms with Crippen LogP contribution in [0.2, 0.25) is 0 Å². The highest BCUT2D eigenvalue weighted by Gasteiger charge is 1.82. The zero-order valence-electron chi connectivity index (χ0n) is 7.49. The molecule has 0 amide bonds. The molecule has 1 aromatic rings. The largest absolute Gasteiger partial charge is 0.471 e. The van der Waals surface area contributed by atoms with E-state index in [0.29, 0.717) is 0 Å². The van der Waals surface area contributed by atoms with Crippen molar-refractivity contribution in [1.82, 2.24) is 0 Å². The van der Waals surface area contributed by atoms with E-state index in [9.17, 15) is 0 Å². The smallest absolute Gasteiger partial charge is 0.129 e. The Morgan fingerprint density at radius 3 is 2.08 bits per heavy atom. The van der Waals surface area contributed by atoms with Crippen molar-refractivity contribution in [3.05, 3.63) is 43.2 Å². The van der Waals surface area contributed by atoms with Crippen molar-refractivity contribution in [1.29, 1.82) is 0 Å². The summed E-state index contributed by atoms with van der Waals surface area (Å²) in [4.78, 5) is 0. The average Bonchev–Trinajstić information content (AvgIpc) is 2.08. The van der Waals surface area contributed by atoms with Gasteiger partial charge >= 0.3 is 0 Å². The Balaban J connectivity index is 0.000000354. The number of hydrogen-bond donors (Lipinski definition) is 0. The van der Waals surface area contributed by atoms with Crippen LogP contribution < -0.4 is 4.74 Å². The molecule has 0 N–H and O–H groups in total. The van der Waals surface area contributed by atoms with Gasteiger partial charge in [0.2, 0.25) is 0 Å². The van der Waals surface area contributed by atoms with Gasteiger partial charge in [0, 0.05) is 0 Å². The first-order valence-corrected chi connectivity index (χ1v) is 5.21. The molecule has 0 aliphatic carbocycles. The van der Waals surface area contributed by atoms with Crippen LogP contribution >= 0.6 is 0 Å². The first-order chi connectivity index (χ1) is 5.85. The van der Waals surface area contributed by atoms with Crippen molar-refractivity contribution < 1.29 is 8.85 Å². The summed E-state index contributed by atoms with van der Waals surface area (Å²) in [6.07, 6.45) is 1.41. The van der Waals surface area contributed by atoms with E-state index in [-0.39, 0.29) is 0 Å². The van der Waals surface area contributed by atoms with Gasteiger partial charge in [0.1, 0.15) is 26.7 Å². The molecule has 0 radical (unpaired) electrons. The molecule has 4 heteroatoms. The molecule has 0 fully saturated rings. The lowest BCUT2D eigenvalue weighted by Gasteiger charge is -1.95. The second-order valence-corrected chi connectivity index (χ2v) is 5.27. The number of para-hydroxylation sites is 1. The van der Waals surface area contributed by atoms with E-state index in [1.807, 2.05) is 30.3 Å². The number of hydrogen-bond acceptors (Lipinski definition) is 2. The molecule has 0 bridgehead atoms. The van der Waals surface area contributed by atoms with Gasteiger partial charge in [-0.1, -0.05) is 24.8 Å². The molecule has 1 aromatic carbocycles. The lowest BCUT2D eigenvalue weighted by Crippen LogP contribution is -1.76. The quantitative estimate of drug-likeness (QED) is 0.483. The van der Waals surface area contributed by atoms with Crippen LogP contribution in [0, 0.1) is 0 Å². The van der Waals surface area contributed by atoms with Crippen LogP contribution in [0.15, 0.2) is 43.2 Å². The zero-order valence-corrected chi connectivity index (χ0v) is 11.5. The minimum atomic E-state index is 0.826. The lowest BCUT2D eigenvalue weighted by atomic mass is 10.3. The van der Waals surface area contributed by atoms with Gasteiger partial charge in [-0.25, -0.2) is 0 Å². The van der Waals surface area contributed by atoms with Crippen molar-refractivity contribution in [2.24, 2.45) is 0 Å². The Morgan fingerprint density at radius 1 is 1.17 bits per heavy atom. The van der Waals surface area contributed by atoms with Crippen LogP contribution in [0.4, 0.5) is 0 Å². The van der Waals surface area contributed by atoms with Gasteiger partial charge in [-0.15, -0.1) is 0 Å². The van der Waals surface area contributed by atoms with Gasteiger partial charge in [0.15, 0.2) is 0 Å². The van der Waals surface area contributed by atoms with Crippen molar-refractivity contribution in [2.45, 2.75) is 0 Å². The first kappa shape index (κ1) is 11.2. The molecule has 2 nitrogen and oxygen atoms in total. The zero-order chi connectivity index (χ0) is 9.23. The maximum absolute atomic E-state index is 4.97. The maximum Gasteiger partial charge on any atom is 0.129 e. The molecule has 0 aromatic heterocycles. The minimum Gasteiger partial charge on any atom is -0.471 e. The predicted octanol–water partition coefficient (Wildman–Crippen LogP) is -0.227. The Hall–Kier alpha value is -0.846. The molecule has 0 saturated carbocycles. The van der Waals surface area contributed by atoms with Crippen LogP contribution in [-0.4, -0.2) is 21.0 Å². The second kappa shape index (κ2) is 8.25. The minimum absolute atomic E-state index is 0.826. The Kier molecular flexibility index (Phi) is 7.67. The summed E-state index contributed by atoms with van der Waals surface area (Å²) in [6.45, 7) is 3.43. The van der Waals surface area contributed by atoms with E-state index < -0.39 is 0 Å². The lowest BCUT2D eigenvalue weighted by molar-refractivity contribution is 0.483. The molecule has 0 atom stereocenters. The van der Waals surface area contributed by atoms with Crippen LogP contribution in [0.5, 0.6) is 5.75 Å². The topological polar surface area (TPSA) is 18.5 Å². The van der Waals surface area contributed by atoms with Crippen molar-refractivity contribution >= 4 is 21.0 Å². The first-order valence-electron chi connectivity index (χ1n) is 3.58. The second-order valence-electron chi connectivity index (χ2n) is 2.01. The van der Waals surface area contributed by atoms with Gasteiger partial charge in [-0.3, -0.25) is 0 Å². The molecule has 12 heavy (non-hydrogen) atoms. The van der Waals surface area contributed by atoms with E-state index in [0.717, 1.165) is 26.7 Å². The summed E-state index contributed by atoms with van der Waals surface area (Å²) < 4.78 is 9.50. The third-order valence-corrected chi connectivity index (χ3v) is 0.963. The summed E-state index contributed by atoms with van der Waals surface area (Å²) in [5, 5.41) is 0. The third-order valence-electron chi connectivity index (χ3n) is 0.963. The van der Waals surface area contributed by atoms with Gasteiger partial charge < -0.3 is 8.85 Å². The van der Waals surface area contributed by atoms with E-state index in [1.54, 1.807) is 0 Å². The summed E-state index contributed by atoms with van der Waals surface area (Å²) in [5.41, 5.74) is 0. The highest BCUT2D eigenvalue weighted by molar-refractivity contribution is 6.15. The highest BCUT2D eigenvalue weighted by atomic mass is 28.3. The van der Waals surface area contributed by atoms with Gasteiger partial charge in [-0.2, -0.15) is 0 Å². The van der Waals surface area contributed by atoms with E-state index in [2.05, 4.69) is 10.7 Å². The number of rotatable bonds is 2. The molecule has 0 aliphatic rings. The molecule has 0 spiro atoms. The third kappa shape index (κ3) is 5.90. The fourth-order valence-corrected chi connectivity index (χ4v) is 0.595. The molecule has 1 rings (SSSR count). The summed E-state index contributed by atoms with van der Waals surface area (Å²) in [5.74, 6) is 0.826. The monoisotopic (exact) mass is 198 g/mol. The summed E-state index contributed by atoms with van der Waals surface area (Å²) in [7, 11) is 1.86. The van der Waals surface area contributed by atoms with Gasteiger partial charge in [0.05, 0.1) is 6.26 Å². The SMILES string of the molecule is C=COc1ccccc1.[SiH3]O[SiH3]. The summed E-state index contributed by atoms with van der Waals surface area (Å²) in [6, 6.07) is 9.52. The van der Waals surface area contributed by atoms with Crippen LogP contribution in [0.1, 0.15) is 0 Å². The van der Waals surface area contributed by atoms with E-state index in [1.165, 1.54) is 6.26 Å². The molecular formula is C8H14O2Si2. The molecule has 0 aliphatic heterocycles. The predicted molar refractivity (Wildman–Crippen MR) is 58.2 cm³/mol. The highest BCUT2D eigenvalue weighted by Crippen LogP contribution is 2.07.